The molecule has 0 aliphatic rings. The molecule has 2 N–H and O–H groups in total. The highest BCUT2D eigenvalue weighted by molar-refractivity contribution is 7.09. The van der Waals surface area contributed by atoms with Gasteiger partial charge >= 0.3 is 0 Å². The summed E-state index contributed by atoms with van der Waals surface area (Å²) in [5.74, 6) is 0.169. The monoisotopic (exact) mass is 274 g/mol. The highest BCUT2D eigenvalue weighted by Crippen LogP contribution is 2.26. The number of anilines is 1. The van der Waals surface area contributed by atoms with Gasteiger partial charge in [-0.05, 0) is 38.5 Å². The van der Waals surface area contributed by atoms with Crippen molar-refractivity contribution >= 4 is 22.8 Å². The van der Waals surface area contributed by atoms with Crippen molar-refractivity contribution in [3.8, 4) is 0 Å². The van der Waals surface area contributed by atoms with Gasteiger partial charge in [0.25, 0.3) is 0 Å². The van der Waals surface area contributed by atoms with E-state index in [4.69, 9.17) is 5.73 Å². The number of aromatic nitrogens is 1. The lowest BCUT2D eigenvalue weighted by Gasteiger charge is -2.23. The lowest BCUT2D eigenvalue weighted by Crippen LogP contribution is -2.30. The van der Waals surface area contributed by atoms with Gasteiger partial charge in [0.2, 0.25) is 0 Å². The van der Waals surface area contributed by atoms with E-state index < -0.39 is 5.41 Å². The minimum Gasteiger partial charge on any atom is -0.399 e. The summed E-state index contributed by atoms with van der Waals surface area (Å²) in [4.78, 5) is 16.8. The third kappa shape index (κ3) is 3.01. The van der Waals surface area contributed by atoms with Crippen LogP contribution in [0.25, 0.3) is 0 Å². The predicted octanol–water partition coefficient (Wildman–Crippen LogP) is 3.12. The topological polar surface area (TPSA) is 56.0 Å². The Labute approximate surface area is 117 Å². The summed E-state index contributed by atoms with van der Waals surface area (Å²) >= 11 is 1.57. The molecular formula is C15H18N2OS. The molecule has 0 spiro atoms. The minimum atomic E-state index is -0.523. The van der Waals surface area contributed by atoms with Crippen LogP contribution in [0.5, 0.6) is 0 Å². The third-order valence-electron chi connectivity index (χ3n) is 3.34. The second kappa shape index (κ2) is 5.13. The molecule has 19 heavy (non-hydrogen) atoms. The summed E-state index contributed by atoms with van der Waals surface area (Å²) in [6.07, 6.45) is 0.377. The molecule has 0 saturated heterocycles. The van der Waals surface area contributed by atoms with Gasteiger partial charge in [0.05, 0.1) is 17.1 Å². The Morgan fingerprint density at radius 3 is 2.47 bits per heavy atom. The number of aryl methyl sites for hydroxylation is 1. The molecule has 2 rings (SSSR count). The smallest absolute Gasteiger partial charge is 0.148 e. The maximum Gasteiger partial charge on any atom is 0.148 e. The Kier molecular flexibility index (Phi) is 3.71. The second-order valence-electron chi connectivity index (χ2n) is 5.20. The van der Waals surface area contributed by atoms with Crippen molar-refractivity contribution in [2.45, 2.75) is 32.6 Å². The van der Waals surface area contributed by atoms with Crippen LogP contribution >= 0.6 is 11.3 Å². The number of nitrogens with zero attached hydrogens (tertiary/aromatic N) is 1. The van der Waals surface area contributed by atoms with Gasteiger partial charge in [-0.1, -0.05) is 12.1 Å². The molecule has 0 atom stereocenters. The lowest BCUT2D eigenvalue weighted by molar-refractivity contribution is -0.122. The Bertz CT molecular complexity index is 584. The number of rotatable bonds is 4. The van der Waals surface area contributed by atoms with Crippen LogP contribution in [0.4, 0.5) is 5.69 Å². The van der Waals surface area contributed by atoms with E-state index in [0.717, 1.165) is 16.3 Å². The van der Waals surface area contributed by atoms with E-state index in [-0.39, 0.29) is 5.78 Å². The quantitative estimate of drug-likeness (QED) is 0.871. The molecule has 1 aromatic heterocycles. The summed E-state index contributed by atoms with van der Waals surface area (Å²) in [6.45, 7) is 5.84. The zero-order valence-corrected chi connectivity index (χ0v) is 12.3. The van der Waals surface area contributed by atoms with Crippen molar-refractivity contribution in [1.29, 1.82) is 0 Å². The number of Topliss-reactive ketones (excluding diaryl/α,β-unsaturated/α-hetero) is 1. The Morgan fingerprint density at radius 1 is 1.32 bits per heavy atom. The number of carbonyl (C=O) groups is 1. The van der Waals surface area contributed by atoms with E-state index in [9.17, 15) is 4.79 Å². The largest absolute Gasteiger partial charge is 0.399 e. The average Bonchev–Trinajstić information content (AvgIpc) is 2.75. The van der Waals surface area contributed by atoms with Gasteiger partial charge in [0.1, 0.15) is 5.78 Å². The van der Waals surface area contributed by atoms with E-state index in [1.54, 1.807) is 11.3 Å². The number of nitrogens with two attached hydrogens (primary N) is 1. The molecule has 0 bridgehead atoms. The lowest BCUT2D eigenvalue weighted by atomic mass is 9.79. The predicted molar refractivity (Wildman–Crippen MR) is 79.4 cm³/mol. The van der Waals surface area contributed by atoms with Crippen molar-refractivity contribution < 1.29 is 4.79 Å². The van der Waals surface area contributed by atoms with Crippen LogP contribution in [-0.2, 0) is 16.6 Å². The molecule has 4 heteroatoms. The number of ketones is 1. The summed E-state index contributed by atoms with van der Waals surface area (Å²) in [7, 11) is 0. The molecule has 0 amide bonds. The van der Waals surface area contributed by atoms with Crippen LogP contribution < -0.4 is 5.73 Å². The van der Waals surface area contributed by atoms with Gasteiger partial charge in [-0.3, -0.25) is 4.79 Å². The number of nitrogen functional groups attached to an aromatic ring is 1. The zero-order chi connectivity index (χ0) is 14.0. The van der Waals surface area contributed by atoms with Crippen LogP contribution in [0.3, 0.4) is 0 Å². The van der Waals surface area contributed by atoms with Crippen molar-refractivity contribution in [2.24, 2.45) is 0 Å². The molecule has 0 saturated carbocycles. The molecule has 0 aliphatic carbocycles. The van der Waals surface area contributed by atoms with E-state index in [1.165, 1.54) is 0 Å². The summed E-state index contributed by atoms with van der Waals surface area (Å²) in [5.41, 5.74) is 7.71. The zero-order valence-electron chi connectivity index (χ0n) is 11.4. The number of carbonyl (C=O) groups excluding carboxylic acids is 1. The molecule has 0 aliphatic heterocycles. The second-order valence-corrected chi connectivity index (χ2v) is 6.27. The van der Waals surface area contributed by atoms with Crippen molar-refractivity contribution in [3.05, 3.63) is 45.9 Å². The molecule has 0 fully saturated rings. The van der Waals surface area contributed by atoms with Crippen LogP contribution in [-0.4, -0.2) is 10.8 Å². The van der Waals surface area contributed by atoms with Crippen molar-refractivity contribution in [2.75, 3.05) is 5.73 Å². The van der Waals surface area contributed by atoms with Crippen LogP contribution in [0.1, 0.15) is 30.1 Å². The molecule has 0 radical (unpaired) electrons. The highest BCUT2D eigenvalue weighted by atomic mass is 32.1. The maximum atomic E-state index is 12.5. The molecule has 100 valence electrons. The maximum absolute atomic E-state index is 12.5. The first kappa shape index (κ1) is 13.7. The summed E-state index contributed by atoms with van der Waals surface area (Å²) < 4.78 is 0. The van der Waals surface area contributed by atoms with Crippen LogP contribution in [0.2, 0.25) is 0 Å². The fraction of sp³-hybridized carbons (Fsp3) is 0.333. The van der Waals surface area contributed by atoms with Crippen LogP contribution in [0.15, 0.2) is 29.6 Å². The van der Waals surface area contributed by atoms with Crippen LogP contribution in [0, 0.1) is 6.92 Å². The van der Waals surface area contributed by atoms with Crippen molar-refractivity contribution in [1.82, 2.24) is 4.98 Å². The standard InChI is InChI=1S/C15H18N2OS/c1-10-17-13(9-19-10)8-14(18)15(2,3)11-4-6-12(16)7-5-11/h4-7,9H,8,16H2,1-3H3. The number of benzene rings is 1. The normalized spacial score (nSPS) is 11.5. The highest BCUT2D eigenvalue weighted by Gasteiger charge is 2.29. The van der Waals surface area contributed by atoms with Crippen molar-refractivity contribution in [3.63, 3.8) is 0 Å². The van der Waals surface area contributed by atoms with E-state index >= 15 is 0 Å². The average molecular weight is 274 g/mol. The summed E-state index contributed by atoms with van der Waals surface area (Å²) in [6, 6.07) is 7.49. The van der Waals surface area contributed by atoms with Gasteiger partial charge < -0.3 is 5.73 Å². The number of hydrogen-bond acceptors (Lipinski definition) is 4. The summed E-state index contributed by atoms with van der Waals surface area (Å²) in [5, 5.41) is 2.94. The third-order valence-corrected chi connectivity index (χ3v) is 4.16. The SMILES string of the molecule is Cc1nc(CC(=O)C(C)(C)c2ccc(N)cc2)cs1. The van der Waals surface area contributed by atoms with Gasteiger partial charge in [-0.2, -0.15) is 0 Å². The van der Waals surface area contributed by atoms with E-state index in [2.05, 4.69) is 4.98 Å². The fourth-order valence-corrected chi connectivity index (χ4v) is 2.55. The minimum absolute atomic E-state index is 0.169. The number of hydrogen-bond donors (Lipinski definition) is 1. The Hall–Kier alpha value is -1.68. The first-order valence-electron chi connectivity index (χ1n) is 6.20. The fourth-order valence-electron chi connectivity index (χ4n) is 1.94. The molecule has 0 unspecified atom stereocenters. The molecule has 1 heterocycles. The van der Waals surface area contributed by atoms with Gasteiger partial charge in [-0.25, -0.2) is 4.98 Å². The van der Waals surface area contributed by atoms with Gasteiger partial charge in [0.15, 0.2) is 0 Å². The molecule has 2 aromatic rings. The first-order chi connectivity index (χ1) is 8.89. The Morgan fingerprint density at radius 2 is 1.95 bits per heavy atom. The van der Waals surface area contributed by atoms with Gasteiger partial charge in [-0.15, -0.1) is 11.3 Å². The first-order valence-corrected chi connectivity index (χ1v) is 7.08. The molecule has 1 aromatic carbocycles. The Balaban J connectivity index is 2.19. The number of thiazole rings is 1. The molecule has 3 nitrogen and oxygen atoms in total. The van der Waals surface area contributed by atoms with E-state index in [1.807, 2.05) is 50.4 Å². The molecular weight excluding hydrogens is 256 g/mol. The van der Waals surface area contributed by atoms with Gasteiger partial charge in [0, 0.05) is 16.5 Å². The van der Waals surface area contributed by atoms with E-state index in [0.29, 0.717) is 12.1 Å².